The number of hydrogen-bond donors (Lipinski definition) is 1. The van der Waals surface area contributed by atoms with Crippen molar-refractivity contribution in [1.29, 1.82) is 0 Å². The molecule has 0 amide bonds. The van der Waals surface area contributed by atoms with Crippen molar-refractivity contribution in [1.82, 2.24) is 9.78 Å². The van der Waals surface area contributed by atoms with Crippen LogP contribution in [-0.2, 0) is 6.42 Å². The Morgan fingerprint density at radius 1 is 1.03 bits per heavy atom. The molecule has 0 unspecified atom stereocenters. The summed E-state index contributed by atoms with van der Waals surface area (Å²) < 4.78 is 1.59. The molecule has 1 heterocycles. The fourth-order valence-corrected chi connectivity index (χ4v) is 3.76. The van der Waals surface area contributed by atoms with Crippen LogP contribution >= 0.6 is 47.2 Å². The van der Waals surface area contributed by atoms with E-state index in [-0.39, 0.29) is 18.1 Å². The van der Waals surface area contributed by atoms with E-state index in [1.165, 1.54) is 0 Å². The van der Waals surface area contributed by atoms with Crippen molar-refractivity contribution in [3.8, 4) is 16.9 Å². The molecule has 3 rings (SSSR count). The van der Waals surface area contributed by atoms with Gasteiger partial charge in [0.15, 0.2) is 5.69 Å². The second-order valence-corrected chi connectivity index (χ2v) is 7.73. The molecule has 0 bridgehead atoms. The highest BCUT2D eigenvalue weighted by Gasteiger charge is 2.25. The van der Waals surface area contributed by atoms with Crippen molar-refractivity contribution in [2.75, 3.05) is 0 Å². The first-order valence-corrected chi connectivity index (χ1v) is 10.1. The van der Waals surface area contributed by atoms with Gasteiger partial charge in [-0.2, -0.15) is 5.10 Å². The summed E-state index contributed by atoms with van der Waals surface area (Å²) in [7, 11) is 0. The average Bonchev–Trinajstić information content (AvgIpc) is 3.02. The number of carbonyl (C=O) groups is 1. The van der Waals surface area contributed by atoms with E-state index >= 15 is 0 Å². The molecule has 154 valence electrons. The largest absolute Gasteiger partial charge is 0.476 e. The molecule has 8 heteroatoms. The number of aromatic carboxylic acids is 1. The molecule has 0 fully saturated rings. The second kappa shape index (κ2) is 10.4. The lowest BCUT2D eigenvalue weighted by atomic mass is 10.00. The Balaban J connectivity index is 0.00000300. The zero-order valence-electron chi connectivity index (χ0n) is 15.7. The number of nitrogens with zero attached hydrogens (tertiary/aromatic N) is 2. The highest BCUT2D eigenvalue weighted by molar-refractivity contribution is 6.35. The maximum absolute atomic E-state index is 11.9. The lowest BCUT2D eigenvalue weighted by Gasteiger charge is -2.12. The van der Waals surface area contributed by atoms with Gasteiger partial charge in [0.25, 0.3) is 0 Å². The monoisotopic (exact) mass is 472 g/mol. The molecule has 0 aliphatic carbocycles. The van der Waals surface area contributed by atoms with Crippen LogP contribution in [0.25, 0.3) is 16.9 Å². The van der Waals surface area contributed by atoms with E-state index in [2.05, 4.69) is 12.0 Å². The van der Waals surface area contributed by atoms with Crippen LogP contribution in [0.4, 0.5) is 0 Å². The molecule has 3 aromatic rings. The number of carboxylic acids is 1. The van der Waals surface area contributed by atoms with Crippen molar-refractivity contribution in [3.05, 3.63) is 68.8 Å². The molecular weight excluding hydrogens is 454 g/mol. The first kappa shape index (κ1) is 23.6. The number of rotatable bonds is 7. The molecule has 4 nitrogen and oxygen atoms in total. The maximum Gasteiger partial charge on any atom is 0.356 e. The third kappa shape index (κ3) is 5.26. The lowest BCUT2D eigenvalue weighted by Crippen LogP contribution is -2.03. The predicted molar refractivity (Wildman–Crippen MR) is 121 cm³/mol. The normalized spacial score (nSPS) is 10.6. The van der Waals surface area contributed by atoms with E-state index in [0.717, 1.165) is 24.8 Å². The van der Waals surface area contributed by atoms with Gasteiger partial charge in [0.2, 0.25) is 0 Å². The molecule has 0 radical (unpaired) electrons. The number of aromatic nitrogens is 2. The van der Waals surface area contributed by atoms with Crippen LogP contribution in [0.2, 0.25) is 15.1 Å². The molecule has 0 atom stereocenters. The molecule has 0 saturated heterocycles. The molecule has 0 aliphatic rings. The third-order valence-corrected chi connectivity index (χ3v) is 5.26. The van der Waals surface area contributed by atoms with Crippen molar-refractivity contribution >= 4 is 53.2 Å². The van der Waals surface area contributed by atoms with Crippen LogP contribution in [0.1, 0.15) is 42.2 Å². The Morgan fingerprint density at radius 2 is 1.69 bits per heavy atom. The van der Waals surface area contributed by atoms with Gasteiger partial charge in [0.1, 0.15) is 0 Å². The summed E-state index contributed by atoms with van der Waals surface area (Å²) in [6, 6.07) is 12.3. The Labute approximate surface area is 190 Å². The van der Waals surface area contributed by atoms with Crippen molar-refractivity contribution in [2.24, 2.45) is 0 Å². The Kier molecular flexibility index (Phi) is 8.41. The van der Waals surface area contributed by atoms with E-state index in [1.54, 1.807) is 35.0 Å². The minimum atomic E-state index is -1.06. The van der Waals surface area contributed by atoms with Crippen molar-refractivity contribution in [2.45, 2.75) is 32.6 Å². The summed E-state index contributed by atoms with van der Waals surface area (Å²) in [6.45, 7) is 2.11. The predicted octanol–water partition coefficient (Wildman–Crippen LogP) is 7.35. The van der Waals surface area contributed by atoms with Gasteiger partial charge in [-0.15, -0.1) is 12.4 Å². The van der Waals surface area contributed by atoms with Crippen LogP contribution < -0.4 is 0 Å². The van der Waals surface area contributed by atoms with Crippen molar-refractivity contribution < 1.29 is 9.90 Å². The molecular formula is C21H20Cl4N2O2. The number of benzene rings is 2. The average molecular weight is 474 g/mol. The minimum absolute atomic E-state index is 0. The quantitative estimate of drug-likeness (QED) is 0.365. The molecule has 29 heavy (non-hydrogen) atoms. The molecule has 0 spiro atoms. The van der Waals surface area contributed by atoms with Gasteiger partial charge in [0.05, 0.1) is 16.4 Å². The smallest absolute Gasteiger partial charge is 0.356 e. The van der Waals surface area contributed by atoms with Crippen molar-refractivity contribution in [3.63, 3.8) is 0 Å². The molecule has 2 aromatic carbocycles. The third-order valence-electron chi connectivity index (χ3n) is 4.47. The first-order chi connectivity index (χ1) is 13.4. The number of carboxylic acid groups (broad SMARTS) is 1. The highest BCUT2D eigenvalue weighted by atomic mass is 35.5. The molecule has 1 N–H and O–H groups in total. The van der Waals surface area contributed by atoms with Gasteiger partial charge < -0.3 is 5.11 Å². The van der Waals surface area contributed by atoms with Gasteiger partial charge in [0, 0.05) is 21.2 Å². The summed E-state index contributed by atoms with van der Waals surface area (Å²) in [5.41, 5.74) is 2.82. The fourth-order valence-electron chi connectivity index (χ4n) is 3.14. The van der Waals surface area contributed by atoms with Gasteiger partial charge in [-0.3, -0.25) is 0 Å². The lowest BCUT2D eigenvalue weighted by molar-refractivity contribution is 0.0688. The number of unbranched alkanes of at least 4 members (excludes halogenated alkanes) is 2. The Morgan fingerprint density at radius 3 is 2.28 bits per heavy atom. The van der Waals surface area contributed by atoms with Crippen LogP contribution in [0.5, 0.6) is 0 Å². The summed E-state index contributed by atoms with van der Waals surface area (Å²) in [5.74, 6) is -1.06. The molecule has 0 aliphatic heterocycles. The van der Waals surface area contributed by atoms with E-state index < -0.39 is 5.97 Å². The summed E-state index contributed by atoms with van der Waals surface area (Å²) >= 11 is 18.5. The zero-order valence-corrected chi connectivity index (χ0v) is 18.7. The SMILES string of the molecule is CCCCCc1c(C(=O)O)nn(-c2ccc(Cl)cc2Cl)c1-c1ccc(Cl)cc1.Cl. The van der Waals surface area contributed by atoms with E-state index in [1.807, 2.05) is 12.1 Å². The second-order valence-electron chi connectivity index (χ2n) is 6.45. The van der Waals surface area contributed by atoms with Crippen LogP contribution in [0.15, 0.2) is 42.5 Å². The van der Waals surface area contributed by atoms with Gasteiger partial charge in [-0.05, 0) is 43.2 Å². The molecule has 1 aromatic heterocycles. The van der Waals surface area contributed by atoms with Gasteiger partial charge >= 0.3 is 5.97 Å². The van der Waals surface area contributed by atoms with E-state index in [4.69, 9.17) is 34.8 Å². The number of hydrogen-bond acceptors (Lipinski definition) is 2. The highest BCUT2D eigenvalue weighted by Crippen LogP contribution is 2.34. The fraction of sp³-hybridized carbons (Fsp3) is 0.238. The van der Waals surface area contributed by atoms with Crippen LogP contribution in [0.3, 0.4) is 0 Å². The minimum Gasteiger partial charge on any atom is -0.476 e. The van der Waals surface area contributed by atoms with Gasteiger partial charge in [-0.25, -0.2) is 9.48 Å². The van der Waals surface area contributed by atoms with E-state index in [0.29, 0.717) is 38.4 Å². The summed E-state index contributed by atoms with van der Waals surface area (Å²) in [4.78, 5) is 11.9. The number of halogens is 4. The standard InChI is InChI=1S/C21H19Cl3N2O2.ClH/c1-2-3-4-5-16-19(21(27)28)25-26(18-11-10-15(23)12-17(18)24)20(16)13-6-8-14(22)9-7-13;/h6-12H,2-5H2,1H3,(H,27,28);1H. The molecule has 0 saturated carbocycles. The van der Waals surface area contributed by atoms with E-state index in [9.17, 15) is 9.90 Å². The summed E-state index contributed by atoms with van der Waals surface area (Å²) in [5, 5.41) is 15.7. The summed E-state index contributed by atoms with van der Waals surface area (Å²) in [6.07, 6.45) is 3.53. The Bertz CT molecular complexity index is 1000. The van der Waals surface area contributed by atoms with Gasteiger partial charge in [-0.1, -0.05) is 66.7 Å². The Hall–Kier alpha value is -1.72. The first-order valence-electron chi connectivity index (χ1n) is 8.99. The zero-order chi connectivity index (χ0) is 20.3. The van der Waals surface area contributed by atoms with Crippen LogP contribution in [-0.4, -0.2) is 20.9 Å². The maximum atomic E-state index is 11.9. The topological polar surface area (TPSA) is 55.1 Å². The van der Waals surface area contributed by atoms with Crippen LogP contribution in [0, 0.1) is 0 Å².